The first-order valence-corrected chi connectivity index (χ1v) is 27.7. The predicted molar refractivity (Wildman–Crippen MR) is 139 cm³/mol. The average Bonchev–Trinajstić information content (AvgIpc) is 2.57. The van der Waals surface area contributed by atoms with Crippen LogP contribution in [-0.2, 0) is 0 Å². The summed E-state index contributed by atoms with van der Waals surface area (Å²) in [6.45, 7) is 39.7. The summed E-state index contributed by atoms with van der Waals surface area (Å²) in [5, 5.41) is 0.256. The van der Waals surface area contributed by atoms with Gasteiger partial charge in [0.2, 0.25) is 0 Å². The zero-order valence-corrected chi connectivity index (χ0v) is 26.5. The van der Waals surface area contributed by atoms with Gasteiger partial charge in [0.15, 0.2) is 7.38 Å². The van der Waals surface area contributed by atoms with Crippen LogP contribution < -0.4 is 0 Å². The zero-order valence-electron chi connectivity index (χ0n) is 20.8. The Morgan fingerprint density at radius 1 is 0.577 bits per heavy atom. The van der Waals surface area contributed by atoms with Gasteiger partial charge in [-0.25, -0.2) is 0 Å². The molecule has 156 valence electrons. The van der Waals surface area contributed by atoms with Crippen LogP contribution in [0.15, 0.2) is 0 Å². The Morgan fingerprint density at radius 3 is 0.885 bits per heavy atom. The smallest absolute Gasteiger partial charge is 0.163 e. The third kappa shape index (κ3) is 2.96. The van der Waals surface area contributed by atoms with Crippen molar-refractivity contribution in [2.24, 2.45) is 0 Å². The first kappa shape index (κ1) is 25.4. The van der Waals surface area contributed by atoms with Gasteiger partial charge in [0.05, 0.1) is 0 Å². The standard InChI is InChI=1S/C20H49ClSi5/c1-18(2,3)26(21)19(22(4,5)6,23(7,8)9)16-17-20(26,24(10,11)12)25(13,14)15/h16-17H2,1-15H3. The fourth-order valence-corrected chi connectivity index (χ4v) is 69.8. The van der Waals surface area contributed by atoms with E-state index < -0.39 is 39.7 Å². The molecule has 1 rings (SSSR count). The van der Waals surface area contributed by atoms with Crippen LogP contribution in [0.25, 0.3) is 0 Å². The van der Waals surface area contributed by atoms with Crippen LogP contribution in [0.4, 0.5) is 0 Å². The summed E-state index contributed by atoms with van der Waals surface area (Å²) in [6, 6.07) is 0. The number of rotatable bonds is 4. The van der Waals surface area contributed by atoms with Crippen molar-refractivity contribution in [1.82, 2.24) is 0 Å². The molecule has 1 fully saturated rings. The maximum absolute atomic E-state index is 8.51. The van der Waals surface area contributed by atoms with Gasteiger partial charge in [-0.3, -0.25) is 0 Å². The molecule has 0 bridgehead atoms. The van der Waals surface area contributed by atoms with Gasteiger partial charge in [0, 0.05) is 32.3 Å². The zero-order chi connectivity index (χ0) is 21.4. The second-order valence-electron chi connectivity index (χ2n) is 14.2. The molecule has 0 unspecified atom stereocenters. The summed E-state index contributed by atoms with van der Waals surface area (Å²) in [6.07, 6.45) is 2.89. The molecule has 0 radical (unpaired) electrons. The van der Waals surface area contributed by atoms with Crippen molar-refractivity contribution in [2.45, 2.75) is 126 Å². The highest BCUT2D eigenvalue weighted by Gasteiger charge is 2.82. The molecule has 1 saturated heterocycles. The Bertz CT molecular complexity index is 467. The van der Waals surface area contributed by atoms with Crippen molar-refractivity contribution in [3.05, 3.63) is 0 Å². The topological polar surface area (TPSA) is 0 Å². The van der Waals surface area contributed by atoms with Crippen LogP contribution in [0.1, 0.15) is 33.6 Å². The van der Waals surface area contributed by atoms with E-state index in [9.17, 15) is 0 Å². The van der Waals surface area contributed by atoms with Crippen LogP contribution in [0.2, 0.25) is 92.2 Å². The van der Waals surface area contributed by atoms with Crippen LogP contribution in [0, 0.1) is 0 Å². The van der Waals surface area contributed by atoms with E-state index in [4.69, 9.17) is 11.1 Å². The van der Waals surface area contributed by atoms with Gasteiger partial charge in [-0.2, -0.15) is 11.1 Å². The van der Waals surface area contributed by atoms with Gasteiger partial charge >= 0.3 is 0 Å². The molecule has 6 heteroatoms. The number of hydrogen-bond acceptors (Lipinski definition) is 0. The molecule has 0 aromatic heterocycles. The lowest BCUT2D eigenvalue weighted by Gasteiger charge is -2.68. The summed E-state index contributed by atoms with van der Waals surface area (Å²) in [4.78, 5) is 0. The molecule has 1 heterocycles. The molecule has 26 heavy (non-hydrogen) atoms. The molecule has 0 aromatic carbocycles. The second kappa shape index (κ2) is 6.43. The molecule has 1 aliphatic heterocycles. The fourth-order valence-electron chi connectivity index (χ4n) is 8.18. The maximum Gasteiger partial charge on any atom is 0.163 e. The van der Waals surface area contributed by atoms with E-state index in [0.717, 1.165) is 0 Å². The van der Waals surface area contributed by atoms with Gasteiger partial charge < -0.3 is 0 Å². The van der Waals surface area contributed by atoms with Crippen LogP contribution in [-0.4, -0.2) is 39.7 Å². The highest BCUT2D eigenvalue weighted by Crippen LogP contribution is 2.81. The van der Waals surface area contributed by atoms with E-state index in [1.54, 1.807) is 0 Å². The minimum atomic E-state index is -2.17. The summed E-state index contributed by atoms with van der Waals surface area (Å²) in [7, 11) is -8.03. The first-order valence-electron chi connectivity index (χ1n) is 10.6. The van der Waals surface area contributed by atoms with E-state index in [-0.39, 0.29) is 5.04 Å². The van der Waals surface area contributed by atoms with Crippen molar-refractivity contribution in [1.29, 1.82) is 0 Å². The summed E-state index contributed by atoms with van der Waals surface area (Å²) in [5.74, 6) is 0. The summed E-state index contributed by atoms with van der Waals surface area (Å²) >= 11 is 8.51. The highest BCUT2D eigenvalue weighted by molar-refractivity contribution is 7.43. The number of halogens is 1. The third-order valence-electron chi connectivity index (χ3n) is 8.21. The summed E-state index contributed by atoms with van der Waals surface area (Å²) < 4.78 is 1.01. The minimum Gasteiger partial charge on any atom is -0.166 e. The fraction of sp³-hybridized carbons (Fsp3) is 1.00. The van der Waals surface area contributed by atoms with Gasteiger partial charge in [0.1, 0.15) is 0 Å². The largest absolute Gasteiger partial charge is 0.166 e. The SMILES string of the molecule is CC(C)(C)[Si]1(Cl)C([Si](C)(C)C)([Si](C)(C)C)CCC1([Si](C)(C)C)[Si](C)(C)C. The second-order valence-corrected chi connectivity index (χ2v) is 44.9. The quantitative estimate of drug-likeness (QED) is 0.288. The highest BCUT2D eigenvalue weighted by atomic mass is 35.6. The van der Waals surface area contributed by atoms with E-state index in [0.29, 0.717) is 8.57 Å². The average molecular weight is 465 g/mol. The lowest BCUT2D eigenvalue weighted by atomic mass is 10.2. The van der Waals surface area contributed by atoms with Crippen LogP contribution >= 0.6 is 11.1 Å². The molecule has 1 aliphatic rings. The molecule has 0 spiro atoms. The Balaban J connectivity index is 4.23. The molecular formula is C20H49ClSi5. The molecule has 0 nitrogen and oxygen atoms in total. The molecule has 0 aliphatic carbocycles. The predicted octanol–water partition coefficient (Wildman–Crippen LogP) is 8.76. The Morgan fingerprint density at radius 2 is 0.769 bits per heavy atom. The van der Waals surface area contributed by atoms with Crippen molar-refractivity contribution in [3.63, 3.8) is 0 Å². The molecule has 0 atom stereocenters. The normalized spacial score (nSPS) is 24.0. The third-order valence-corrected chi connectivity index (χ3v) is 52.4. The van der Waals surface area contributed by atoms with Gasteiger partial charge in [-0.05, 0) is 13.6 Å². The van der Waals surface area contributed by atoms with Crippen molar-refractivity contribution < 1.29 is 0 Å². The van der Waals surface area contributed by atoms with Crippen LogP contribution in [0.5, 0.6) is 0 Å². The molecule has 0 N–H and O–H groups in total. The first-order chi connectivity index (χ1) is 11.0. The summed E-state index contributed by atoms with van der Waals surface area (Å²) in [5.41, 5.74) is 0. The lowest BCUT2D eigenvalue weighted by Crippen LogP contribution is -2.76. The van der Waals surface area contributed by atoms with Gasteiger partial charge in [-0.1, -0.05) is 112 Å². The van der Waals surface area contributed by atoms with Crippen LogP contribution in [0.3, 0.4) is 0 Å². The molecular weight excluding hydrogens is 416 g/mol. The van der Waals surface area contributed by atoms with E-state index >= 15 is 0 Å². The number of hydrogen-bond donors (Lipinski definition) is 0. The van der Waals surface area contributed by atoms with Gasteiger partial charge in [0.25, 0.3) is 0 Å². The van der Waals surface area contributed by atoms with Crippen molar-refractivity contribution >= 4 is 50.8 Å². The minimum absolute atomic E-state index is 0.256. The Kier molecular flexibility index (Phi) is 6.29. The van der Waals surface area contributed by atoms with E-state index in [1.807, 2.05) is 0 Å². The van der Waals surface area contributed by atoms with Crippen molar-refractivity contribution in [2.75, 3.05) is 0 Å². The molecule has 0 saturated carbocycles. The molecule has 0 aromatic rings. The van der Waals surface area contributed by atoms with Gasteiger partial charge in [-0.15, -0.1) is 0 Å². The molecule has 0 amide bonds. The Hall–Kier alpha value is 1.37. The lowest BCUT2D eigenvalue weighted by molar-refractivity contribution is 0.699. The van der Waals surface area contributed by atoms with E-state index in [2.05, 4.69) is 99.3 Å². The van der Waals surface area contributed by atoms with E-state index in [1.165, 1.54) is 12.8 Å². The Labute approximate surface area is 176 Å². The van der Waals surface area contributed by atoms with Crippen molar-refractivity contribution in [3.8, 4) is 0 Å². The monoisotopic (exact) mass is 464 g/mol. The maximum atomic E-state index is 8.51.